The third-order valence-corrected chi connectivity index (χ3v) is 13.5. The van der Waals surface area contributed by atoms with E-state index in [2.05, 4.69) is 31.3 Å². The molecular formula is C53H107N2O6P. The fourth-order valence-electron chi connectivity index (χ4n) is 8.21. The molecule has 0 aromatic rings. The Bertz CT molecular complexity index is 1020. The number of hydrogen-bond donors (Lipinski definition) is 2. The summed E-state index contributed by atoms with van der Waals surface area (Å²) in [5.41, 5.74) is 0. The van der Waals surface area contributed by atoms with Crippen LogP contribution >= 0.6 is 7.82 Å². The van der Waals surface area contributed by atoms with E-state index in [0.29, 0.717) is 23.9 Å². The predicted molar refractivity (Wildman–Crippen MR) is 266 cm³/mol. The van der Waals surface area contributed by atoms with Gasteiger partial charge in [-0.05, 0) is 38.5 Å². The SMILES string of the molecule is CCCCCCCCCCCC/C=C\CCCCCCCCCC(=O)NC(COP(=O)([O-])OCC[N+](C)(C)C)C(O)CCCCCCCCCCCCCCCCCCCCC. The molecule has 0 aromatic carbocycles. The van der Waals surface area contributed by atoms with Crippen molar-refractivity contribution in [2.24, 2.45) is 0 Å². The molecule has 3 unspecified atom stereocenters. The number of nitrogens with one attached hydrogen (secondary N) is 1. The van der Waals surface area contributed by atoms with Gasteiger partial charge >= 0.3 is 0 Å². The van der Waals surface area contributed by atoms with Gasteiger partial charge in [0.05, 0.1) is 39.9 Å². The smallest absolute Gasteiger partial charge is 0.268 e. The first-order valence-electron chi connectivity index (χ1n) is 27.0. The van der Waals surface area contributed by atoms with Gasteiger partial charge in [-0.2, -0.15) is 0 Å². The summed E-state index contributed by atoms with van der Waals surface area (Å²) in [6.07, 6.45) is 53.7. The van der Waals surface area contributed by atoms with E-state index < -0.39 is 20.0 Å². The van der Waals surface area contributed by atoms with Crippen molar-refractivity contribution in [2.45, 2.75) is 283 Å². The van der Waals surface area contributed by atoms with Crippen LogP contribution in [0.4, 0.5) is 0 Å². The first-order chi connectivity index (χ1) is 30.0. The maximum atomic E-state index is 13.0. The average Bonchev–Trinajstić information content (AvgIpc) is 3.23. The minimum Gasteiger partial charge on any atom is -0.756 e. The van der Waals surface area contributed by atoms with E-state index in [1.807, 2.05) is 21.1 Å². The molecule has 0 saturated heterocycles. The number of phosphoric acid groups is 1. The molecule has 2 N–H and O–H groups in total. The van der Waals surface area contributed by atoms with Crippen molar-refractivity contribution < 1.29 is 32.9 Å². The zero-order valence-electron chi connectivity index (χ0n) is 42.1. The summed E-state index contributed by atoms with van der Waals surface area (Å²) in [6.45, 7) is 4.76. The second-order valence-electron chi connectivity index (χ2n) is 19.9. The number of aliphatic hydroxyl groups excluding tert-OH is 1. The first kappa shape index (κ1) is 61.2. The van der Waals surface area contributed by atoms with Crippen LogP contribution in [0.2, 0.25) is 0 Å². The highest BCUT2D eigenvalue weighted by atomic mass is 31.2. The van der Waals surface area contributed by atoms with Gasteiger partial charge in [0.1, 0.15) is 13.2 Å². The number of carbonyl (C=O) groups is 1. The van der Waals surface area contributed by atoms with Crippen molar-refractivity contribution in [3.8, 4) is 0 Å². The molecule has 9 heteroatoms. The summed E-state index contributed by atoms with van der Waals surface area (Å²) in [7, 11) is 1.31. The molecule has 370 valence electrons. The summed E-state index contributed by atoms with van der Waals surface area (Å²) in [6, 6.07) is -0.800. The zero-order chi connectivity index (χ0) is 45.7. The molecule has 8 nitrogen and oxygen atoms in total. The number of quaternary nitrogens is 1. The van der Waals surface area contributed by atoms with Crippen LogP contribution in [0.3, 0.4) is 0 Å². The van der Waals surface area contributed by atoms with Crippen molar-refractivity contribution in [1.82, 2.24) is 5.32 Å². The maximum absolute atomic E-state index is 13.0. The molecule has 3 atom stereocenters. The van der Waals surface area contributed by atoms with Crippen LogP contribution in [-0.4, -0.2) is 68.5 Å². The molecule has 0 rings (SSSR count). The third-order valence-electron chi connectivity index (χ3n) is 12.5. The molecule has 1 amide bonds. The highest BCUT2D eigenvalue weighted by Gasteiger charge is 2.24. The highest BCUT2D eigenvalue weighted by molar-refractivity contribution is 7.45. The highest BCUT2D eigenvalue weighted by Crippen LogP contribution is 2.38. The van der Waals surface area contributed by atoms with Gasteiger partial charge in [-0.25, -0.2) is 0 Å². The Morgan fingerprint density at radius 1 is 0.548 bits per heavy atom. The molecular weight excluding hydrogens is 792 g/mol. The topological polar surface area (TPSA) is 108 Å². The van der Waals surface area contributed by atoms with E-state index in [9.17, 15) is 19.4 Å². The van der Waals surface area contributed by atoms with E-state index in [1.165, 1.54) is 205 Å². The van der Waals surface area contributed by atoms with Crippen LogP contribution in [0.25, 0.3) is 0 Å². The van der Waals surface area contributed by atoms with Gasteiger partial charge in [-0.1, -0.05) is 238 Å². The molecule has 62 heavy (non-hydrogen) atoms. The molecule has 0 aliphatic heterocycles. The average molecular weight is 899 g/mol. The number of unbranched alkanes of at least 4 members (excludes halogenated alkanes) is 35. The van der Waals surface area contributed by atoms with E-state index in [1.54, 1.807) is 0 Å². The molecule has 0 heterocycles. The minimum atomic E-state index is -4.57. The summed E-state index contributed by atoms with van der Waals surface area (Å²) >= 11 is 0. The minimum absolute atomic E-state index is 0.0136. The van der Waals surface area contributed by atoms with Gasteiger partial charge in [0.25, 0.3) is 7.82 Å². The maximum Gasteiger partial charge on any atom is 0.268 e. The van der Waals surface area contributed by atoms with Gasteiger partial charge < -0.3 is 28.8 Å². The van der Waals surface area contributed by atoms with Gasteiger partial charge in [0, 0.05) is 6.42 Å². The number of amides is 1. The van der Waals surface area contributed by atoms with Gasteiger partial charge in [-0.3, -0.25) is 9.36 Å². The number of rotatable bonds is 50. The van der Waals surface area contributed by atoms with Crippen LogP contribution in [0, 0.1) is 0 Å². The Morgan fingerprint density at radius 3 is 1.26 bits per heavy atom. The van der Waals surface area contributed by atoms with Crippen molar-refractivity contribution >= 4 is 13.7 Å². The van der Waals surface area contributed by atoms with Crippen molar-refractivity contribution in [1.29, 1.82) is 0 Å². The molecule has 0 fully saturated rings. The van der Waals surface area contributed by atoms with E-state index in [-0.39, 0.29) is 19.1 Å². The van der Waals surface area contributed by atoms with Crippen molar-refractivity contribution in [3.63, 3.8) is 0 Å². The first-order valence-corrected chi connectivity index (χ1v) is 28.5. The summed E-state index contributed by atoms with van der Waals surface area (Å²) in [5.74, 6) is -0.165. The Morgan fingerprint density at radius 2 is 0.887 bits per heavy atom. The fraction of sp³-hybridized carbons (Fsp3) is 0.943. The Kier molecular flexibility index (Phi) is 44.8. The largest absolute Gasteiger partial charge is 0.756 e. The Balaban J connectivity index is 4.21. The second kappa shape index (κ2) is 45.4. The summed E-state index contributed by atoms with van der Waals surface area (Å²) < 4.78 is 23.4. The van der Waals surface area contributed by atoms with Gasteiger partial charge in [0.2, 0.25) is 5.91 Å². The van der Waals surface area contributed by atoms with Crippen LogP contribution in [0.15, 0.2) is 12.2 Å². The van der Waals surface area contributed by atoms with Crippen molar-refractivity contribution in [2.75, 3.05) is 40.9 Å². The lowest BCUT2D eigenvalue weighted by Gasteiger charge is -2.30. The standard InChI is InChI=1S/C53H107N2O6P/c1-6-8-10-12-14-16-18-20-22-24-26-27-29-31-33-35-37-39-41-43-45-47-53(57)54-51(50-61-62(58,59)60-49-48-55(3,4)5)52(56)46-44-42-40-38-36-34-32-30-28-25-23-21-19-17-15-13-11-9-7-2/h27,29,51-52,56H,6-26,28,30-50H2,1-5H3,(H-,54,57,58,59)/b29-27-. The Labute approximate surface area is 386 Å². The number of carbonyl (C=O) groups excluding carboxylic acids is 1. The molecule has 0 radical (unpaired) electrons. The quantitative estimate of drug-likeness (QED) is 0.0272. The number of phosphoric ester groups is 1. The van der Waals surface area contributed by atoms with Crippen LogP contribution in [0.5, 0.6) is 0 Å². The molecule has 0 aromatic heterocycles. The lowest BCUT2D eigenvalue weighted by Crippen LogP contribution is -2.46. The number of nitrogens with zero attached hydrogens (tertiary/aromatic N) is 1. The summed E-state index contributed by atoms with van der Waals surface area (Å²) in [4.78, 5) is 25.5. The van der Waals surface area contributed by atoms with E-state index in [4.69, 9.17) is 9.05 Å². The Hall–Kier alpha value is -0.760. The molecule has 0 saturated carbocycles. The van der Waals surface area contributed by atoms with Crippen molar-refractivity contribution in [3.05, 3.63) is 12.2 Å². The normalized spacial score (nSPS) is 14.1. The zero-order valence-corrected chi connectivity index (χ0v) is 43.0. The number of likely N-dealkylation sites (N-methyl/N-ethyl adjacent to an activating group) is 1. The fourth-order valence-corrected chi connectivity index (χ4v) is 8.94. The van der Waals surface area contributed by atoms with Crippen LogP contribution in [-0.2, 0) is 18.4 Å². The number of allylic oxidation sites excluding steroid dienone is 2. The monoisotopic (exact) mass is 899 g/mol. The van der Waals surface area contributed by atoms with E-state index >= 15 is 0 Å². The predicted octanol–water partition coefficient (Wildman–Crippen LogP) is 15.2. The second-order valence-corrected chi connectivity index (χ2v) is 21.4. The number of aliphatic hydroxyl groups is 1. The lowest BCUT2D eigenvalue weighted by molar-refractivity contribution is -0.870. The van der Waals surface area contributed by atoms with Gasteiger partial charge in [-0.15, -0.1) is 0 Å². The molecule has 0 bridgehead atoms. The van der Waals surface area contributed by atoms with E-state index in [0.717, 1.165) is 38.5 Å². The number of hydrogen-bond acceptors (Lipinski definition) is 6. The van der Waals surface area contributed by atoms with Crippen LogP contribution < -0.4 is 10.2 Å². The van der Waals surface area contributed by atoms with Gasteiger partial charge in [0.15, 0.2) is 0 Å². The van der Waals surface area contributed by atoms with Crippen LogP contribution in [0.1, 0.15) is 271 Å². The third kappa shape index (κ3) is 47.2. The molecule has 0 aliphatic carbocycles. The summed E-state index contributed by atoms with van der Waals surface area (Å²) in [5, 5.41) is 14.0. The lowest BCUT2D eigenvalue weighted by atomic mass is 10.0. The molecule has 0 spiro atoms. The molecule has 0 aliphatic rings.